The Kier molecular flexibility index (Phi) is 5.49. The molecule has 0 atom stereocenters. The molecular weight excluding hydrogens is 324 g/mol. The molecule has 3 rings (SSSR count). The van der Waals surface area contributed by atoms with E-state index < -0.39 is 0 Å². The molecular formula is C21H22N4O. The van der Waals surface area contributed by atoms with Gasteiger partial charge in [0.15, 0.2) is 5.82 Å². The molecule has 5 heteroatoms. The SMILES string of the molecule is CNC(=O)c1cnc(Nc2ccccc2C)c(NCc2ccccc2)c1. The van der Waals surface area contributed by atoms with Gasteiger partial charge in [-0.15, -0.1) is 0 Å². The number of hydrogen-bond donors (Lipinski definition) is 3. The zero-order chi connectivity index (χ0) is 18.4. The number of carbonyl (C=O) groups is 1. The van der Waals surface area contributed by atoms with Gasteiger partial charge in [-0.2, -0.15) is 0 Å². The first-order valence-corrected chi connectivity index (χ1v) is 8.50. The summed E-state index contributed by atoms with van der Waals surface area (Å²) in [4.78, 5) is 16.4. The second-order valence-corrected chi connectivity index (χ2v) is 5.98. The van der Waals surface area contributed by atoms with E-state index >= 15 is 0 Å². The van der Waals surface area contributed by atoms with E-state index in [1.54, 1.807) is 13.2 Å². The lowest BCUT2D eigenvalue weighted by molar-refractivity contribution is 0.0963. The van der Waals surface area contributed by atoms with E-state index in [-0.39, 0.29) is 5.91 Å². The summed E-state index contributed by atoms with van der Waals surface area (Å²) in [6.07, 6.45) is 1.58. The number of nitrogens with one attached hydrogen (secondary N) is 3. The summed E-state index contributed by atoms with van der Waals surface area (Å²) in [6, 6.07) is 19.9. The van der Waals surface area contributed by atoms with Crippen LogP contribution in [0.15, 0.2) is 66.9 Å². The minimum Gasteiger partial charge on any atom is -0.378 e. The minimum absolute atomic E-state index is 0.164. The highest BCUT2D eigenvalue weighted by Gasteiger charge is 2.11. The Morgan fingerprint density at radius 3 is 2.46 bits per heavy atom. The molecule has 2 aromatic carbocycles. The number of aryl methyl sites for hydroxylation is 1. The third-order valence-electron chi connectivity index (χ3n) is 4.10. The highest BCUT2D eigenvalue weighted by molar-refractivity contribution is 5.95. The van der Waals surface area contributed by atoms with E-state index in [1.165, 1.54) is 0 Å². The largest absolute Gasteiger partial charge is 0.378 e. The van der Waals surface area contributed by atoms with Crippen molar-refractivity contribution in [1.29, 1.82) is 0 Å². The molecule has 26 heavy (non-hydrogen) atoms. The van der Waals surface area contributed by atoms with Gasteiger partial charge in [0.2, 0.25) is 0 Å². The highest BCUT2D eigenvalue weighted by atomic mass is 16.1. The van der Waals surface area contributed by atoms with E-state index in [4.69, 9.17) is 0 Å². The number of nitrogens with zero attached hydrogens (tertiary/aromatic N) is 1. The Bertz CT molecular complexity index is 894. The molecule has 0 saturated heterocycles. The Labute approximate surface area is 153 Å². The molecule has 0 unspecified atom stereocenters. The molecule has 0 aliphatic carbocycles. The zero-order valence-corrected chi connectivity index (χ0v) is 14.9. The predicted molar refractivity (Wildman–Crippen MR) is 106 cm³/mol. The normalized spacial score (nSPS) is 10.2. The van der Waals surface area contributed by atoms with Crippen molar-refractivity contribution >= 4 is 23.1 Å². The first-order chi connectivity index (χ1) is 12.7. The average molecular weight is 346 g/mol. The molecule has 3 N–H and O–H groups in total. The molecule has 5 nitrogen and oxygen atoms in total. The fourth-order valence-electron chi connectivity index (χ4n) is 2.60. The molecule has 0 saturated carbocycles. The molecule has 1 amide bonds. The van der Waals surface area contributed by atoms with Crippen molar-refractivity contribution in [2.24, 2.45) is 0 Å². The number of benzene rings is 2. The second kappa shape index (κ2) is 8.16. The standard InChI is InChI=1S/C21H22N4O/c1-15-8-6-7-11-18(15)25-20-19(12-17(14-24-20)21(26)22-2)23-13-16-9-4-3-5-10-16/h3-12,14,23H,13H2,1-2H3,(H,22,26)(H,24,25). The van der Waals surface area contributed by atoms with E-state index in [0.29, 0.717) is 17.9 Å². The predicted octanol–water partition coefficient (Wildman–Crippen LogP) is 4.11. The van der Waals surface area contributed by atoms with E-state index in [1.807, 2.05) is 55.5 Å². The van der Waals surface area contributed by atoms with E-state index in [0.717, 1.165) is 22.5 Å². The van der Waals surface area contributed by atoms with Crippen molar-refractivity contribution in [2.45, 2.75) is 13.5 Å². The van der Waals surface area contributed by atoms with Crippen LogP contribution in [0.1, 0.15) is 21.5 Å². The number of hydrogen-bond acceptors (Lipinski definition) is 4. The number of para-hydroxylation sites is 1. The van der Waals surface area contributed by atoms with E-state index in [2.05, 4.69) is 33.1 Å². The maximum absolute atomic E-state index is 12.0. The van der Waals surface area contributed by atoms with Crippen LogP contribution in [0.3, 0.4) is 0 Å². The quantitative estimate of drug-likeness (QED) is 0.628. The molecule has 0 aliphatic heterocycles. The zero-order valence-electron chi connectivity index (χ0n) is 14.9. The maximum atomic E-state index is 12.0. The van der Waals surface area contributed by atoms with Gasteiger partial charge >= 0.3 is 0 Å². The van der Waals surface area contributed by atoms with Crippen molar-refractivity contribution in [3.63, 3.8) is 0 Å². The number of anilines is 3. The number of aromatic nitrogens is 1. The number of rotatable bonds is 6. The summed E-state index contributed by atoms with van der Waals surface area (Å²) in [6.45, 7) is 2.68. The van der Waals surface area contributed by atoms with Gasteiger partial charge in [0, 0.05) is 25.5 Å². The van der Waals surface area contributed by atoms with Crippen molar-refractivity contribution in [3.05, 3.63) is 83.6 Å². The van der Waals surface area contributed by atoms with Gasteiger partial charge in [0.05, 0.1) is 11.3 Å². The summed E-state index contributed by atoms with van der Waals surface area (Å²) >= 11 is 0. The van der Waals surface area contributed by atoms with Crippen LogP contribution in [0.4, 0.5) is 17.2 Å². The van der Waals surface area contributed by atoms with Gasteiger partial charge in [-0.1, -0.05) is 48.5 Å². The van der Waals surface area contributed by atoms with Crippen LogP contribution in [0.25, 0.3) is 0 Å². The van der Waals surface area contributed by atoms with Crippen LogP contribution < -0.4 is 16.0 Å². The van der Waals surface area contributed by atoms with Gasteiger partial charge in [-0.25, -0.2) is 4.98 Å². The number of amides is 1. The lowest BCUT2D eigenvalue weighted by Gasteiger charge is -2.15. The van der Waals surface area contributed by atoms with Gasteiger partial charge in [-0.3, -0.25) is 4.79 Å². The summed E-state index contributed by atoms with van der Waals surface area (Å²) in [5.74, 6) is 0.519. The number of pyridine rings is 1. The summed E-state index contributed by atoms with van der Waals surface area (Å²) in [5, 5.41) is 9.37. The van der Waals surface area contributed by atoms with Gasteiger partial charge in [0.25, 0.3) is 5.91 Å². The molecule has 3 aromatic rings. The minimum atomic E-state index is -0.164. The van der Waals surface area contributed by atoms with Crippen molar-refractivity contribution in [1.82, 2.24) is 10.3 Å². The molecule has 0 spiro atoms. The Balaban J connectivity index is 1.89. The fraction of sp³-hybridized carbons (Fsp3) is 0.143. The molecule has 0 bridgehead atoms. The lowest BCUT2D eigenvalue weighted by atomic mass is 10.2. The molecule has 132 valence electrons. The van der Waals surface area contributed by atoms with Crippen LogP contribution >= 0.6 is 0 Å². The van der Waals surface area contributed by atoms with Crippen LogP contribution in [0.2, 0.25) is 0 Å². The van der Waals surface area contributed by atoms with Gasteiger partial charge in [0.1, 0.15) is 0 Å². The molecule has 0 fully saturated rings. The Hall–Kier alpha value is -3.34. The third kappa shape index (κ3) is 4.19. The third-order valence-corrected chi connectivity index (χ3v) is 4.10. The highest BCUT2D eigenvalue weighted by Crippen LogP contribution is 2.26. The summed E-state index contributed by atoms with van der Waals surface area (Å²) < 4.78 is 0. The monoisotopic (exact) mass is 346 g/mol. The van der Waals surface area contributed by atoms with Crippen molar-refractivity contribution in [2.75, 3.05) is 17.7 Å². The van der Waals surface area contributed by atoms with Crippen LogP contribution in [0.5, 0.6) is 0 Å². The van der Waals surface area contributed by atoms with Crippen LogP contribution in [-0.4, -0.2) is 17.9 Å². The number of carbonyl (C=O) groups excluding carboxylic acids is 1. The van der Waals surface area contributed by atoms with E-state index in [9.17, 15) is 4.79 Å². The molecule has 1 heterocycles. The summed E-state index contributed by atoms with van der Waals surface area (Å²) in [5.41, 5.74) is 4.55. The average Bonchev–Trinajstić information content (AvgIpc) is 2.69. The Morgan fingerprint density at radius 1 is 1.00 bits per heavy atom. The second-order valence-electron chi connectivity index (χ2n) is 5.98. The lowest BCUT2D eigenvalue weighted by Crippen LogP contribution is -2.18. The van der Waals surface area contributed by atoms with Crippen LogP contribution in [-0.2, 0) is 6.54 Å². The molecule has 0 radical (unpaired) electrons. The maximum Gasteiger partial charge on any atom is 0.252 e. The molecule has 1 aromatic heterocycles. The molecule has 0 aliphatic rings. The van der Waals surface area contributed by atoms with Gasteiger partial charge in [-0.05, 0) is 30.2 Å². The first kappa shape index (κ1) is 17.5. The first-order valence-electron chi connectivity index (χ1n) is 8.50. The van der Waals surface area contributed by atoms with Crippen molar-refractivity contribution < 1.29 is 4.79 Å². The topological polar surface area (TPSA) is 66.0 Å². The van der Waals surface area contributed by atoms with Crippen molar-refractivity contribution in [3.8, 4) is 0 Å². The Morgan fingerprint density at radius 2 is 1.73 bits per heavy atom. The fourth-order valence-corrected chi connectivity index (χ4v) is 2.60. The summed E-state index contributed by atoms with van der Waals surface area (Å²) in [7, 11) is 1.61. The van der Waals surface area contributed by atoms with Gasteiger partial charge < -0.3 is 16.0 Å². The smallest absolute Gasteiger partial charge is 0.252 e. The van der Waals surface area contributed by atoms with Crippen LogP contribution in [0, 0.1) is 6.92 Å².